The fourth-order valence-electron chi connectivity index (χ4n) is 2.82. The highest BCUT2D eigenvalue weighted by atomic mass is 19.1. The van der Waals surface area contributed by atoms with E-state index in [0.29, 0.717) is 24.7 Å². The molecule has 0 spiro atoms. The van der Waals surface area contributed by atoms with Crippen molar-refractivity contribution in [2.24, 2.45) is 0 Å². The van der Waals surface area contributed by atoms with Crippen LogP contribution in [0.4, 0.5) is 14.5 Å². The fourth-order valence-corrected chi connectivity index (χ4v) is 2.82. The molecule has 2 aromatic carbocycles. The molecule has 1 heterocycles. The zero-order chi connectivity index (χ0) is 22.9. The molecule has 3 amide bonds. The highest BCUT2D eigenvalue weighted by Gasteiger charge is 2.12. The van der Waals surface area contributed by atoms with Crippen LogP contribution >= 0.6 is 0 Å². The maximum absolute atomic E-state index is 13.6. The molecule has 7 nitrogen and oxygen atoms in total. The number of hydrogen-bond acceptors (Lipinski definition) is 4. The van der Waals surface area contributed by atoms with E-state index in [1.807, 2.05) is 0 Å². The topological polar surface area (TPSA) is 100 Å². The van der Waals surface area contributed by atoms with Crippen LogP contribution in [-0.4, -0.2) is 24.3 Å². The third-order valence-electron chi connectivity index (χ3n) is 4.49. The summed E-state index contributed by atoms with van der Waals surface area (Å²) in [6.45, 7) is 0.478. The van der Waals surface area contributed by atoms with Crippen molar-refractivity contribution in [1.82, 2.24) is 10.6 Å². The molecule has 0 atom stereocenters. The van der Waals surface area contributed by atoms with Crippen molar-refractivity contribution >= 4 is 23.4 Å². The highest BCUT2D eigenvalue weighted by Crippen LogP contribution is 2.12. The number of benzene rings is 2. The summed E-state index contributed by atoms with van der Waals surface area (Å²) in [6, 6.07) is 12.9. The van der Waals surface area contributed by atoms with E-state index < -0.39 is 17.5 Å². The normalized spacial score (nSPS) is 10.4. The number of carbonyl (C=O) groups excluding carboxylic acids is 3. The number of hydrogen-bond donors (Lipinski definition) is 3. The smallest absolute Gasteiger partial charge is 0.291 e. The largest absolute Gasteiger partial charge is 0.459 e. The van der Waals surface area contributed by atoms with Crippen LogP contribution in [0.15, 0.2) is 65.3 Å². The Morgan fingerprint density at radius 1 is 0.906 bits per heavy atom. The van der Waals surface area contributed by atoms with E-state index in [0.717, 1.165) is 17.7 Å². The zero-order valence-corrected chi connectivity index (χ0v) is 17.0. The molecule has 0 bridgehead atoms. The monoisotopic (exact) mass is 441 g/mol. The average Bonchev–Trinajstić information content (AvgIpc) is 3.31. The molecule has 3 aromatic rings. The van der Waals surface area contributed by atoms with Crippen LogP contribution in [0.25, 0.3) is 0 Å². The van der Waals surface area contributed by atoms with E-state index in [2.05, 4.69) is 16.0 Å². The van der Waals surface area contributed by atoms with Crippen molar-refractivity contribution in [3.05, 3.63) is 89.4 Å². The minimum atomic E-state index is -0.938. The van der Waals surface area contributed by atoms with Crippen LogP contribution in [0.5, 0.6) is 0 Å². The van der Waals surface area contributed by atoms with Crippen LogP contribution in [0.2, 0.25) is 0 Å². The van der Waals surface area contributed by atoms with Gasteiger partial charge >= 0.3 is 0 Å². The van der Waals surface area contributed by atoms with Gasteiger partial charge in [-0.1, -0.05) is 12.1 Å². The van der Waals surface area contributed by atoms with Crippen LogP contribution in [0.1, 0.15) is 39.3 Å². The summed E-state index contributed by atoms with van der Waals surface area (Å²) in [4.78, 5) is 35.8. The maximum atomic E-state index is 13.6. The molecule has 0 aliphatic carbocycles. The number of anilines is 1. The van der Waals surface area contributed by atoms with Gasteiger partial charge in [0.25, 0.3) is 11.8 Å². The molecule has 0 fully saturated rings. The highest BCUT2D eigenvalue weighted by molar-refractivity contribution is 6.02. The number of amides is 3. The first-order valence-electron chi connectivity index (χ1n) is 9.86. The minimum Gasteiger partial charge on any atom is -0.459 e. The molecule has 32 heavy (non-hydrogen) atoms. The van der Waals surface area contributed by atoms with E-state index in [4.69, 9.17) is 4.42 Å². The first-order chi connectivity index (χ1) is 15.4. The van der Waals surface area contributed by atoms with Crippen molar-refractivity contribution in [1.29, 1.82) is 0 Å². The molecular weight excluding hydrogens is 420 g/mol. The van der Waals surface area contributed by atoms with Crippen LogP contribution in [0.3, 0.4) is 0 Å². The fraction of sp³-hybridized carbons (Fsp3) is 0.174. The zero-order valence-electron chi connectivity index (χ0n) is 17.0. The first kappa shape index (κ1) is 22.7. The number of carbonyl (C=O) groups is 3. The first-order valence-corrected chi connectivity index (χ1v) is 9.86. The van der Waals surface area contributed by atoms with Gasteiger partial charge in [0, 0.05) is 31.3 Å². The van der Waals surface area contributed by atoms with Crippen LogP contribution in [0, 0.1) is 11.6 Å². The number of rotatable bonds is 9. The van der Waals surface area contributed by atoms with Crippen molar-refractivity contribution in [3.63, 3.8) is 0 Å². The molecule has 0 unspecified atom stereocenters. The van der Waals surface area contributed by atoms with Crippen molar-refractivity contribution < 1.29 is 27.6 Å². The molecular formula is C23H21F2N3O4. The molecule has 0 aliphatic rings. The molecule has 3 N–H and O–H groups in total. The summed E-state index contributed by atoms with van der Waals surface area (Å²) in [5, 5.41) is 7.96. The van der Waals surface area contributed by atoms with Gasteiger partial charge in [0.1, 0.15) is 11.6 Å². The van der Waals surface area contributed by atoms with Gasteiger partial charge < -0.3 is 20.4 Å². The molecule has 166 valence electrons. The van der Waals surface area contributed by atoms with E-state index in [1.54, 1.807) is 36.4 Å². The molecule has 3 rings (SSSR count). The predicted octanol–water partition coefficient (Wildman–Crippen LogP) is 3.64. The maximum Gasteiger partial charge on any atom is 0.291 e. The molecule has 0 aliphatic heterocycles. The van der Waals surface area contributed by atoms with Crippen LogP contribution in [-0.2, 0) is 11.3 Å². The Bertz CT molecular complexity index is 1080. The Hall–Kier alpha value is -4.01. The number of furan rings is 1. The molecule has 0 saturated heterocycles. The lowest BCUT2D eigenvalue weighted by Gasteiger charge is -2.08. The van der Waals surface area contributed by atoms with Gasteiger partial charge in [-0.25, -0.2) is 8.78 Å². The van der Waals surface area contributed by atoms with Crippen molar-refractivity contribution in [2.75, 3.05) is 11.9 Å². The minimum absolute atomic E-state index is 0.170. The lowest BCUT2D eigenvalue weighted by Crippen LogP contribution is -2.28. The standard InChI is InChI=1S/C23H21F2N3O4/c24-16-7-10-18(19(25)13-16)22(30)26-11-1-4-21(29)27-14-15-5-8-17(9-6-15)28-23(31)20-3-2-12-32-20/h2-3,5-10,12-13H,1,4,11,14H2,(H,26,30)(H,27,29)(H,28,31). The summed E-state index contributed by atoms with van der Waals surface area (Å²) >= 11 is 0. The summed E-state index contributed by atoms with van der Waals surface area (Å²) in [5.74, 6) is -2.72. The second kappa shape index (κ2) is 10.9. The van der Waals surface area contributed by atoms with E-state index in [9.17, 15) is 23.2 Å². The van der Waals surface area contributed by atoms with Crippen LogP contribution < -0.4 is 16.0 Å². The van der Waals surface area contributed by atoms with Gasteiger partial charge in [0.15, 0.2) is 5.76 Å². The summed E-state index contributed by atoms with van der Waals surface area (Å²) in [6.07, 6.45) is 1.95. The Balaban J connectivity index is 1.35. The van der Waals surface area contributed by atoms with E-state index in [1.165, 1.54) is 6.26 Å². The number of halogens is 2. The average molecular weight is 441 g/mol. The van der Waals surface area contributed by atoms with Gasteiger partial charge in [0.05, 0.1) is 11.8 Å². The summed E-state index contributed by atoms with van der Waals surface area (Å²) < 4.78 is 31.5. The summed E-state index contributed by atoms with van der Waals surface area (Å²) in [5.41, 5.74) is 1.18. The molecule has 9 heteroatoms. The number of nitrogens with one attached hydrogen (secondary N) is 3. The Morgan fingerprint density at radius 3 is 2.38 bits per heavy atom. The van der Waals surface area contributed by atoms with Gasteiger partial charge in [-0.15, -0.1) is 0 Å². The van der Waals surface area contributed by atoms with E-state index >= 15 is 0 Å². The molecule has 0 saturated carbocycles. The van der Waals surface area contributed by atoms with Gasteiger partial charge in [-0.2, -0.15) is 0 Å². The lowest BCUT2D eigenvalue weighted by molar-refractivity contribution is -0.121. The third kappa shape index (κ3) is 6.49. The van der Waals surface area contributed by atoms with Gasteiger partial charge in [-0.3, -0.25) is 14.4 Å². The Morgan fingerprint density at radius 2 is 1.69 bits per heavy atom. The Kier molecular flexibility index (Phi) is 7.69. The third-order valence-corrected chi connectivity index (χ3v) is 4.49. The van der Waals surface area contributed by atoms with Gasteiger partial charge in [-0.05, 0) is 48.4 Å². The second-order valence-corrected chi connectivity index (χ2v) is 6.89. The van der Waals surface area contributed by atoms with Crippen molar-refractivity contribution in [3.8, 4) is 0 Å². The quantitative estimate of drug-likeness (QED) is 0.442. The van der Waals surface area contributed by atoms with Crippen molar-refractivity contribution in [2.45, 2.75) is 19.4 Å². The summed E-state index contributed by atoms with van der Waals surface area (Å²) in [7, 11) is 0. The molecule has 0 radical (unpaired) electrons. The SMILES string of the molecule is O=C(CCCNC(=O)c1ccc(F)cc1F)NCc1ccc(NC(=O)c2ccco2)cc1. The molecule has 1 aromatic heterocycles. The second-order valence-electron chi connectivity index (χ2n) is 6.89. The lowest BCUT2D eigenvalue weighted by atomic mass is 10.2. The van der Waals surface area contributed by atoms with Gasteiger partial charge in [0.2, 0.25) is 5.91 Å². The van der Waals surface area contributed by atoms with E-state index in [-0.39, 0.29) is 36.1 Å². The Labute approximate surface area is 182 Å². The predicted molar refractivity (Wildman–Crippen MR) is 113 cm³/mol.